The zero-order chi connectivity index (χ0) is 19.4. The molecule has 0 radical (unpaired) electrons. The van der Waals surface area contributed by atoms with Crippen LogP contribution >= 0.6 is 0 Å². The van der Waals surface area contributed by atoms with Gasteiger partial charge in [-0.25, -0.2) is 4.79 Å². The molecule has 0 aliphatic heterocycles. The van der Waals surface area contributed by atoms with Gasteiger partial charge in [0.1, 0.15) is 0 Å². The topological polar surface area (TPSA) is 57.5 Å². The highest BCUT2D eigenvalue weighted by Crippen LogP contribution is 2.21. The normalized spacial score (nSPS) is 12.1. The summed E-state index contributed by atoms with van der Waals surface area (Å²) in [7, 11) is 1.66. The van der Waals surface area contributed by atoms with Crippen LogP contribution in [0.4, 0.5) is 0 Å². The molecule has 26 heavy (non-hydrogen) atoms. The highest BCUT2D eigenvalue weighted by atomic mass is 16.5. The molecular weight excluding hydrogens is 330 g/mol. The summed E-state index contributed by atoms with van der Waals surface area (Å²) < 4.78 is 12.6. The molecule has 1 atom stereocenters. The lowest BCUT2D eigenvalue weighted by Gasteiger charge is -2.17. The molecule has 2 rings (SSSR count). The Kier molecular flexibility index (Phi) is 6.37. The number of nitrogens with zero attached hydrogens (tertiary/aromatic N) is 1. The first kappa shape index (κ1) is 19.9. The number of ketones is 1. The molecule has 1 heterocycles. The second kappa shape index (κ2) is 8.32. The van der Waals surface area contributed by atoms with Crippen molar-refractivity contribution in [2.45, 2.75) is 40.7 Å². The molecule has 0 bridgehead atoms. The quantitative estimate of drug-likeness (QED) is 0.556. The van der Waals surface area contributed by atoms with Crippen molar-refractivity contribution in [1.29, 1.82) is 0 Å². The number of methoxy groups -OCH3 is 1. The van der Waals surface area contributed by atoms with Crippen LogP contribution in [0.1, 0.15) is 56.2 Å². The van der Waals surface area contributed by atoms with Crippen LogP contribution < -0.4 is 0 Å². The average molecular weight is 357 g/mol. The summed E-state index contributed by atoms with van der Waals surface area (Å²) in [5.74, 6) is -0.672. The van der Waals surface area contributed by atoms with Crippen LogP contribution in [-0.4, -0.2) is 36.6 Å². The van der Waals surface area contributed by atoms with Gasteiger partial charge in [-0.15, -0.1) is 0 Å². The summed E-state index contributed by atoms with van der Waals surface area (Å²) in [4.78, 5) is 24.9. The summed E-state index contributed by atoms with van der Waals surface area (Å²) in [6.07, 6.45) is 0. The zero-order valence-electron chi connectivity index (χ0n) is 16.4. The minimum Gasteiger partial charge on any atom is -0.454 e. The smallest absolute Gasteiger partial charge is 0.338 e. The molecule has 0 saturated heterocycles. The van der Waals surface area contributed by atoms with Crippen molar-refractivity contribution in [3.8, 4) is 0 Å². The standard InChI is InChI=1S/C21H27NO4/c1-13-8-7-9-18(16(13)4)21(24)26-12-20(23)19-10-14(2)22(17(19)5)15(3)11-25-6/h7-10,15H,11-12H2,1-6H3. The van der Waals surface area contributed by atoms with Crippen molar-refractivity contribution in [2.24, 2.45) is 0 Å². The van der Waals surface area contributed by atoms with E-state index in [2.05, 4.69) is 4.57 Å². The number of aryl methyl sites for hydroxylation is 2. The van der Waals surface area contributed by atoms with E-state index in [9.17, 15) is 9.59 Å². The van der Waals surface area contributed by atoms with Gasteiger partial charge < -0.3 is 14.0 Å². The lowest BCUT2D eigenvalue weighted by molar-refractivity contribution is 0.0473. The molecule has 1 aromatic heterocycles. The average Bonchev–Trinajstić information content (AvgIpc) is 2.89. The van der Waals surface area contributed by atoms with Crippen molar-refractivity contribution in [1.82, 2.24) is 4.57 Å². The maximum absolute atomic E-state index is 12.6. The Morgan fingerprint density at radius 1 is 1.12 bits per heavy atom. The molecule has 1 aromatic carbocycles. The molecular formula is C21H27NO4. The van der Waals surface area contributed by atoms with E-state index >= 15 is 0 Å². The first-order valence-electron chi connectivity index (χ1n) is 8.71. The van der Waals surface area contributed by atoms with Gasteiger partial charge in [0.05, 0.1) is 18.2 Å². The monoisotopic (exact) mass is 357 g/mol. The Balaban J connectivity index is 2.12. The molecule has 1 unspecified atom stereocenters. The van der Waals surface area contributed by atoms with Crippen LogP contribution in [0.25, 0.3) is 0 Å². The third-order valence-corrected chi connectivity index (χ3v) is 4.79. The lowest BCUT2D eigenvalue weighted by Crippen LogP contribution is -2.17. The molecule has 0 amide bonds. The number of rotatable bonds is 7. The highest BCUT2D eigenvalue weighted by Gasteiger charge is 2.20. The van der Waals surface area contributed by atoms with Gasteiger partial charge in [0, 0.05) is 24.1 Å². The first-order valence-corrected chi connectivity index (χ1v) is 8.71. The summed E-state index contributed by atoms with van der Waals surface area (Å²) in [5, 5.41) is 0. The van der Waals surface area contributed by atoms with Crippen molar-refractivity contribution >= 4 is 11.8 Å². The van der Waals surface area contributed by atoms with Gasteiger partial charge in [0.2, 0.25) is 5.78 Å². The number of carbonyl (C=O) groups is 2. The molecule has 5 nitrogen and oxygen atoms in total. The van der Waals surface area contributed by atoms with Crippen LogP contribution in [-0.2, 0) is 9.47 Å². The van der Waals surface area contributed by atoms with E-state index in [1.807, 2.05) is 52.8 Å². The predicted molar refractivity (Wildman–Crippen MR) is 101 cm³/mol. The molecule has 0 fully saturated rings. The van der Waals surface area contributed by atoms with Crippen LogP contribution in [0.5, 0.6) is 0 Å². The van der Waals surface area contributed by atoms with Gasteiger partial charge in [-0.2, -0.15) is 0 Å². The third-order valence-electron chi connectivity index (χ3n) is 4.79. The molecule has 140 valence electrons. The Morgan fingerprint density at radius 3 is 2.46 bits per heavy atom. The number of Topliss-reactive ketones (excluding diaryl/α,β-unsaturated/α-hetero) is 1. The van der Waals surface area contributed by atoms with Gasteiger partial charge in [-0.1, -0.05) is 12.1 Å². The fraction of sp³-hybridized carbons (Fsp3) is 0.429. The van der Waals surface area contributed by atoms with Crippen molar-refractivity contribution in [3.63, 3.8) is 0 Å². The molecule has 0 aliphatic carbocycles. The molecule has 0 N–H and O–H groups in total. The number of esters is 1. The maximum Gasteiger partial charge on any atom is 0.338 e. The van der Waals surface area contributed by atoms with E-state index in [-0.39, 0.29) is 18.4 Å². The van der Waals surface area contributed by atoms with Gasteiger partial charge in [-0.3, -0.25) is 4.79 Å². The van der Waals surface area contributed by atoms with E-state index in [4.69, 9.17) is 9.47 Å². The first-order chi connectivity index (χ1) is 12.3. The maximum atomic E-state index is 12.6. The SMILES string of the molecule is COCC(C)n1c(C)cc(C(=O)COC(=O)c2cccc(C)c2C)c1C. The highest BCUT2D eigenvalue weighted by molar-refractivity contribution is 6.00. The molecule has 0 saturated carbocycles. The van der Waals surface area contributed by atoms with Gasteiger partial charge in [0.15, 0.2) is 6.61 Å². The summed E-state index contributed by atoms with van der Waals surface area (Å²) in [6.45, 7) is 10.0. The number of hydrogen-bond donors (Lipinski definition) is 0. The number of ether oxygens (including phenoxy) is 2. The van der Waals surface area contributed by atoms with Crippen molar-refractivity contribution < 1.29 is 19.1 Å². The Bertz CT molecular complexity index is 820. The summed E-state index contributed by atoms with van der Waals surface area (Å²) in [6, 6.07) is 7.43. The van der Waals surface area contributed by atoms with E-state index in [0.29, 0.717) is 17.7 Å². The minimum absolute atomic E-state index is 0.124. The van der Waals surface area contributed by atoms with Gasteiger partial charge in [-0.05, 0) is 57.9 Å². The molecule has 0 spiro atoms. The van der Waals surface area contributed by atoms with E-state index < -0.39 is 5.97 Å². The fourth-order valence-corrected chi connectivity index (χ4v) is 3.31. The second-order valence-electron chi connectivity index (χ2n) is 6.71. The van der Waals surface area contributed by atoms with Gasteiger partial charge >= 0.3 is 5.97 Å². The number of aromatic nitrogens is 1. The Hall–Kier alpha value is -2.40. The minimum atomic E-state index is -0.471. The molecule has 5 heteroatoms. The second-order valence-corrected chi connectivity index (χ2v) is 6.71. The number of hydrogen-bond acceptors (Lipinski definition) is 4. The lowest BCUT2D eigenvalue weighted by atomic mass is 10.0. The predicted octanol–water partition coefficient (Wildman–Crippen LogP) is 3.97. The third kappa shape index (κ3) is 4.05. The largest absolute Gasteiger partial charge is 0.454 e. The zero-order valence-corrected chi connectivity index (χ0v) is 16.4. The van der Waals surface area contributed by atoms with Crippen LogP contribution in [0, 0.1) is 27.7 Å². The van der Waals surface area contributed by atoms with E-state index in [1.165, 1.54) is 0 Å². The summed E-state index contributed by atoms with van der Waals surface area (Å²) in [5.41, 5.74) is 4.81. The molecule has 2 aromatic rings. The van der Waals surface area contributed by atoms with Crippen molar-refractivity contribution in [2.75, 3.05) is 20.3 Å². The Labute approximate surface area is 154 Å². The number of carbonyl (C=O) groups excluding carboxylic acids is 2. The van der Waals surface area contributed by atoms with Crippen LogP contribution in [0.2, 0.25) is 0 Å². The van der Waals surface area contributed by atoms with Crippen LogP contribution in [0.3, 0.4) is 0 Å². The molecule has 0 aliphatic rings. The van der Waals surface area contributed by atoms with Crippen LogP contribution in [0.15, 0.2) is 24.3 Å². The van der Waals surface area contributed by atoms with E-state index in [1.54, 1.807) is 13.2 Å². The fourth-order valence-electron chi connectivity index (χ4n) is 3.31. The van der Waals surface area contributed by atoms with E-state index in [0.717, 1.165) is 22.5 Å². The Morgan fingerprint density at radius 2 is 1.81 bits per heavy atom. The summed E-state index contributed by atoms with van der Waals surface area (Å²) >= 11 is 0. The number of benzene rings is 1. The van der Waals surface area contributed by atoms with Crippen molar-refractivity contribution in [3.05, 3.63) is 57.9 Å². The van der Waals surface area contributed by atoms with Gasteiger partial charge in [0.25, 0.3) is 0 Å².